The first kappa shape index (κ1) is 17.1. The molecule has 0 bridgehead atoms. The summed E-state index contributed by atoms with van der Waals surface area (Å²) < 4.78 is 48.6. The molecule has 0 aromatic carbocycles. The van der Waals surface area contributed by atoms with Crippen LogP contribution in [-0.4, -0.2) is 50.7 Å². The van der Waals surface area contributed by atoms with Crippen molar-refractivity contribution in [1.82, 2.24) is 25.0 Å². The first-order valence-corrected chi connectivity index (χ1v) is 7.43. The molecular formula is C14H14F3N5O3. The number of aromatic nitrogens is 4. The van der Waals surface area contributed by atoms with Gasteiger partial charge in [-0.1, -0.05) is 5.16 Å². The lowest BCUT2D eigenvalue weighted by Crippen LogP contribution is -2.46. The maximum absolute atomic E-state index is 12.9. The third-order valence-electron chi connectivity index (χ3n) is 3.80. The number of hydrogen-bond donors (Lipinski definition) is 0. The molecule has 134 valence electrons. The molecule has 2 aromatic rings. The average molecular weight is 357 g/mol. The van der Waals surface area contributed by atoms with Gasteiger partial charge in [-0.05, 0) is 12.8 Å². The minimum atomic E-state index is -4.55. The molecule has 0 aliphatic carbocycles. The Hall–Kier alpha value is -2.72. The number of carbonyl (C=O) groups is 1. The lowest BCUT2D eigenvalue weighted by Gasteiger charge is -2.32. The van der Waals surface area contributed by atoms with Crippen LogP contribution in [-0.2, 0) is 11.3 Å². The summed E-state index contributed by atoms with van der Waals surface area (Å²) in [4.78, 5) is 25.0. The predicted molar refractivity (Wildman–Crippen MR) is 76.1 cm³/mol. The number of ether oxygens (including phenoxy) is 1. The van der Waals surface area contributed by atoms with Gasteiger partial charge in [0.1, 0.15) is 17.9 Å². The van der Waals surface area contributed by atoms with Crippen molar-refractivity contribution in [1.29, 1.82) is 0 Å². The number of nitrogens with zero attached hydrogens (tertiary/aromatic N) is 5. The van der Waals surface area contributed by atoms with Crippen molar-refractivity contribution in [2.45, 2.75) is 25.6 Å². The van der Waals surface area contributed by atoms with E-state index in [2.05, 4.69) is 20.1 Å². The van der Waals surface area contributed by atoms with Gasteiger partial charge in [0.25, 0.3) is 0 Å². The first-order chi connectivity index (χ1) is 11.9. The van der Waals surface area contributed by atoms with Gasteiger partial charge in [-0.25, -0.2) is 9.97 Å². The number of piperidine rings is 1. The van der Waals surface area contributed by atoms with Crippen LogP contribution < -0.4 is 4.74 Å². The maximum Gasteiger partial charge on any atom is 0.400 e. The van der Waals surface area contributed by atoms with Gasteiger partial charge in [0.2, 0.25) is 23.5 Å². The van der Waals surface area contributed by atoms with Gasteiger partial charge in [-0.2, -0.15) is 18.2 Å². The van der Waals surface area contributed by atoms with E-state index in [0.717, 1.165) is 4.90 Å². The highest BCUT2D eigenvalue weighted by Gasteiger charge is 2.48. The Balaban J connectivity index is 1.74. The SMILES string of the molecule is COc1cc(-c2noc(CN3CCCC(C(F)(F)F)C3=O)n2)ncn1. The van der Waals surface area contributed by atoms with Crippen molar-refractivity contribution >= 4 is 5.91 Å². The van der Waals surface area contributed by atoms with Gasteiger partial charge in [-0.15, -0.1) is 0 Å². The molecule has 2 aromatic heterocycles. The van der Waals surface area contributed by atoms with Crippen LogP contribution in [0.1, 0.15) is 18.7 Å². The molecule has 1 amide bonds. The molecule has 0 radical (unpaired) electrons. The van der Waals surface area contributed by atoms with Gasteiger partial charge >= 0.3 is 6.18 Å². The van der Waals surface area contributed by atoms with Gasteiger partial charge in [0.15, 0.2) is 0 Å². The molecule has 3 heterocycles. The Bertz CT molecular complexity index is 764. The van der Waals surface area contributed by atoms with E-state index in [1.165, 1.54) is 19.5 Å². The third-order valence-corrected chi connectivity index (χ3v) is 3.80. The molecule has 11 heteroatoms. The number of alkyl halides is 3. The molecule has 1 saturated heterocycles. The van der Waals surface area contributed by atoms with E-state index in [1.807, 2.05) is 0 Å². The van der Waals surface area contributed by atoms with E-state index >= 15 is 0 Å². The van der Waals surface area contributed by atoms with E-state index < -0.39 is 18.0 Å². The van der Waals surface area contributed by atoms with E-state index in [1.54, 1.807) is 0 Å². The highest BCUT2D eigenvalue weighted by atomic mass is 19.4. The summed E-state index contributed by atoms with van der Waals surface area (Å²) in [5, 5.41) is 3.73. The summed E-state index contributed by atoms with van der Waals surface area (Å²) in [6, 6.07) is 1.49. The van der Waals surface area contributed by atoms with Crippen LogP contribution in [0.3, 0.4) is 0 Å². The van der Waals surface area contributed by atoms with Crippen molar-refractivity contribution < 1.29 is 27.2 Å². The summed E-state index contributed by atoms with van der Waals surface area (Å²) in [6.07, 6.45) is -3.23. The van der Waals surface area contributed by atoms with Crippen LogP contribution in [0.25, 0.3) is 11.5 Å². The number of methoxy groups -OCH3 is 1. The molecule has 1 unspecified atom stereocenters. The minimum Gasteiger partial charge on any atom is -0.481 e. The van der Waals surface area contributed by atoms with Gasteiger partial charge < -0.3 is 14.2 Å². The van der Waals surface area contributed by atoms with Crippen LogP contribution in [0.2, 0.25) is 0 Å². The van der Waals surface area contributed by atoms with E-state index in [9.17, 15) is 18.0 Å². The summed E-state index contributed by atoms with van der Waals surface area (Å²) in [7, 11) is 1.44. The largest absolute Gasteiger partial charge is 0.481 e. The molecule has 1 atom stereocenters. The number of amides is 1. The second-order valence-corrected chi connectivity index (χ2v) is 5.45. The van der Waals surface area contributed by atoms with Crippen LogP contribution in [0, 0.1) is 5.92 Å². The van der Waals surface area contributed by atoms with Gasteiger partial charge in [0.05, 0.1) is 13.7 Å². The highest BCUT2D eigenvalue weighted by Crippen LogP contribution is 2.34. The average Bonchev–Trinajstić information content (AvgIpc) is 3.04. The van der Waals surface area contributed by atoms with E-state index in [0.29, 0.717) is 11.6 Å². The number of halogens is 3. The fourth-order valence-electron chi connectivity index (χ4n) is 2.56. The number of carbonyl (C=O) groups excluding carboxylic acids is 1. The quantitative estimate of drug-likeness (QED) is 0.824. The molecule has 0 saturated carbocycles. The van der Waals surface area contributed by atoms with Crippen molar-refractivity contribution in [2.75, 3.05) is 13.7 Å². The summed E-state index contributed by atoms with van der Waals surface area (Å²) in [6.45, 7) is 0.0328. The summed E-state index contributed by atoms with van der Waals surface area (Å²) in [5.74, 6) is -2.48. The smallest absolute Gasteiger partial charge is 0.400 e. The lowest BCUT2D eigenvalue weighted by molar-refractivity contribution is -0.195. The van der Waals surface area contributed by atoms with Crippen LogP contribution in [0.15, 0.2) is 16.9 Å². The molecule has 1 fully saturated rings. The normalized spacial score (nSPS) is 18.5. The highest BCUT2D eigenvalue weighted by molar-refractivity contribution is 5.80. The van der Waals surface area contributed by atoms with Gasteiger partial charge in [0, 0.05) is 12.6 Å². The molecular weight excluding hydrogens is 343 g/mol. The van der Waals surface area contributed by atoms with Crippen LogP contribution in [0.4, 0.5) is 13.2 Å². The Morgan fingerprint density at radius 2 is 2.20 bits per heavy atom. The van der Waals surface area contributed by atoms with Crippen molar-refractivity contribution in [3.05, 3.63) is 18.3 Å². The molecule has 25 heavy (non-hydrogen) atoms. The predicted octanol–water partition coefficient (Wildman–Crippen LogP) is 1.84. The Labute approximate surface area is 140 Å². The molecule has 1 aliphatic rings. The molecule has 8 nitrogen and oxygen atoms in total. The van der Waals surface area contributed by atoms with Gasteiger partial charge in [-0.3, -0.25) is 4.79 Å². The third kappa shape index (κ3) is 3.69. The van der Waals surface area contributed by atoms with Crippen LogP contribution >= 0.6 is 0 Å². The molecule has 1 aliphatic heterocycles. The van der Waals surface area contributed by atoms with Crippen LogP contribution in [0.5, 0.6) is 5.88 Å². The minimum absolute atomic E-state index is 0.0313. The van der Waals surface area contributed by atoms with E-state index in [-0.39, 0.29) is 37.6 Å². The lowest BCUT2D eigenvalue weighted by atomic mass is 9.96. The molecule has 0 spiro atoms. The Kier molecular flexibility index (Phi) is 4.55. The maximum atomic E-state index is 12.9. The molecule has 3 rings (SSSR count). The van der Waals surface area contributed by atoms with Crippen molar-refractivity contribution in [2.24, 2.45) is 5.92 Å². The topological polar surface area (TPSA) is 94.2 Å². The number of hydrogen-bond acceptors (Lipinski definition) is 7. The summed E-state index contributed by atoms with van der Waals surface area (Å²) in [5.41, 5.74) is 0.333. The Morgan fingerprint density at radius 3 is 2.92 bits per heavy atom. The zero-order valence-corrected chi connectivity index (χ0v) is 13.2. The fraction of sp³-hybridized carbons (Fsp3) is 0.500. The van der Waals surface area contributed by atoms with Crippen molar-refractivity contribution in [3.63, 3.8) is 0 Å². The number of likely N-dealkylation sites (tertiary alicyclic amines) is 1. The second-order valence-electron chi connectivity index (χ2n) is 5.45. The monoisotopic (exact) mass is 357 g/mol. The standard InChI is InChI=1S/C14H14F3N5O3/c1-24-10-5-9(18-7-19-10)12-20-11(25-21-12)6-22-4-2-3-8(13(22)23)14(15,16)17/h5,7-8H,2-4,6H2,1H3. The summed E-state index contributed by atoms with van der Waals surface area (Å²) >= 11 is 0. The van der Waals surface area contributed by atoms with E-state index in [4.69, 9.17) is 9.26 Å². The zero-order valence-electron chi connectivity index (χ0n) is 13.2. The molecule has 0 N–H and O–H groups in total. The van der Waals surface area contributed by atoms with Crippen molar-refractivity contribution in [3.8, 4) is 17.4 Å². The second kappa shape index (κ2) is 6.65. The number of rotatable bonds is 4. The Morgan fingerprint density at radius 1 is 1.40 bits per heavy atom. The fourth-order valence-corrected chi connectivity index (χ4v) is 2.56. The first-order valence-electron chi connectivity index (χ1n) is 7.43. The zero-order chi connectivity index (χ0) is 18.0.